The van der Waals surface area contributed by atoms with Crippen molar-refractivity contribution < 1.29 is 39.5 Å². The largest absolute Gasteiger partial charge is 0.504 e. The van der Waals surface area contributed by atoms with E-state index in [4.69, 9.17) is 9.47 Å². The lowest BCUT2D eigenvalue weighted by atomic mass is 9.68. The summed E-state index contributed by atoms with van der Waals surface area (Å²) in [5, 5.41) is 49.2. The van der Waals surface area contributed by atoms with Crippen molar-refractivity contribution in [2.24, 2.45) is 0 Å². The van der Waals surface area contributed by atoms with Crippen LogP contribution in [0.2, 0.25) is 0 Å². The minimum absolute atomic E-state index is 0.0264. The van der Waals surface area contributed by atoms with E-state index in [9.17, 15) is 30.0 Å². The van der Waals surface area contributed by atoms with E-state index < -0.39 is 53.9 Å². The van der Waals surface area contributed by atoms with Gasteiger partial charge < -0.3 is 40.5 Å². The predicted octanol–water partition coefficient (Wildman–Crippen LogP) is -0.727. The van der Waals surface area contributed by atoms with Gasteiger partial charge in [0.1, 0.15) is 18.3 Å². The highest BCUT2D eigenvalue weighted by atomic mass is 32.1. The molecule has 0 spiro atoms. The normalized spacial score (nSPS) is 31.5. The molecule has 2 aliphatic heterocycles. The maximum absolute atomic E-state index is 12.7. The van der Waals surface area contributed by atoms with Gasteiger partial charge in [0.25, 0.3) is 11.8 Å². The molecular weight excluding hydrogens is 416 g/mol. The summed E-state index contributed by atoms with van der Waals surface area (Å²) < 4.78 is 10.6. The number of aliphatic hydroxyl groups excluding tert-OH is 3. The molecule has 3 aliphatic rings. The minimum atomic E-state index is -1.61. The fourth-order valence-electron chi connectivity index (χ4n) is 4.41. The number of fused-ring (bicyclic) bond motifs is 4. The number of benzene rings is 1. The van der Waals surface area contributed by atoms with E-state index in [0.717, 1.165) is 0 Å². The fraction of sp³-hybridized carbons (Fsp3) is 0.368. The van der Waals surface area contributed by atoms with Crippen molar-refractivity contribution in [3.05, 3.63) is 39.6 Å². The van der Waals surface area contributed by atoms with E-state index in [-0.39, 0.29) is 29.4 Å². The molecule has 2 aromatic rings. The highest BCUT2D eigenvalue weighted by Gasteiger charge is 2.54. The highest BCUT2D eigenvalue weighted by Crippen LogP contribution is 2.50. The van der Waals surface area contributed by atoms with E-state index in [0.29, 0.717) is 4.88 Å². The first-order chi connectivity index (χ1) is 14.4. The molecule has 158 valence electrons. The predicted molar refractivity (Wildman–Crippen MR) is 102 cm³/mol. The molecule has 6 N–H and O–H groups in total. The maximum atomic E-state index is 12.7. The first-order valence-corrected chi connectivity index (χ1v) is 10.1. The molecule has 30 heavy (non-hydrogen) atoms. The first kappa shape index (κ1) is 19.1. The van der Waals surface area contributed by atoms with Crippen molar-refractivity contribution in [2.45, 2.75) is 36.3 Å². The highest BCUT2D eigenvalue weighted by molar-refractivity contribution is 7.12. The molecule has 2 amide bonds. The summed E-state index contributed by atoms with van der Waals surface area (Å²) in [4.78, 5) is 25.8. The molecular formula is C19H18N2O8S. The zero-order chi connectivity index (χ0) is 21.2. The Balaban J connectivity index is 1.62. The van der Waals surface area contributed by atoms with Gasteiger partial charge in [-0.3, -0.25) is 9.59 Å². The molecule has 0 radical (unpaired) electrons. The van der Waals surface area contributed by atoms with Crippen LogP contribution in [0.25, 0.3) is 0 Å². The van der Waals surface area contributed by atoms with Crippen LogP contribution < -0.4 is 20.1 Å². The Kier molecular flexibility index (Phi) is 4.36. The van der Waals surface area contributed by atoms with Gasteiger partial charge in [-0.2, -0.15) is 0 Å². The summed E-state index contributed by atoms with van der Waals surface area (Å²) >= 11 is 1.20. The van der Waals surface area contributed by atoms with Gasteiger partial charge in [0.15, 0.2) is 11.5 Å². The number of nitrogens with one attached hydrogen (secondary N) is 2. The number of carbonyl (C=O) groups is 2. The molecule has 1 aromatic carbocycles. The topological polar surface area (TPSA) is 158 Å². The fourth-order valence-corrected chi connectivity index (χ4v) is 5.04. The summed E-state index contributed by atoms with van der Waals surface area (Å²) in [5.74, 6) is -2.19. The second kappa shape index (κ2) is 6.84. The monoisotopic (exact) mass is 434 g/mol. The van der Waals surface area contributed by atoms with Crippen LogP contribution >= 0.6 is 11.3 Å². The molecule has 5 rings (SSSR count). The van der Waals surface area contributed by atoms with Crippen molar-refractivity contribution in [1.29, 1.82) is 0 Å². The van der Waals surface area contributed by atoms with Crippen LogP contribution in [-0.2, 0) is 0 Å². The van der Waals surface area contributed by atoms with Gasteiger partial charge in [0.05, 0.1) is 22.5 Å². The quantitative estimate of drug-likeness (QED) is 0.361. The van der Waals surface area contributed by atoms with E-state index >= 15 is 0 Å². The first-order valence-electron chi connectivity index (χ1n) is 9.23. The smallest absolute Gasteiger partial charge is 0.261 e. The van der Waals surface area contributed by atoms with Crippen molar-refractivity contribution in [2.75, 3.05) is 6.79 Å². The third kappa shape index (κ3) is 2.67. The van der Waals surface area contributed by atoms with Gasteiger partial charge >= 0.3 is 0 Å². The van der Waals surface area contributed by atoms with Crippen LogP contribution in [0.15, 0.2) is 23.6 Å². The average molecular weight is 434 g/mol. The zero-order valence-corrected chi connectivity index (χ0v) is 16.1. The number of phenolic OH excluding ortho intramolecular Hbond substituents is 1. The number of hydrogen-bond acceptors (Lipinski definition) is 9. The Morgan fingerprint density at radius 1 is 1.20 bits per heavy atom. The van der Waals surface area contributed by atoms with Crippen molar-refractivity contribution in [1.82, 2.24) is 10.6 Å². The number of rotatable bonds is 2. The molecule has 6 atom stereocenters. The molecule has 0 bridgehead atoms. The molecule has 1 fully saturated rings. The van der Waals surface area contributed by atoms with Gasteiger partial charge in [-0.15, -0.1) is 11.3 Å². The number of hydrogen-bond donors (Lipinski definition) is 6. The number of phenols is 1. The van der Waals surface area contributed by atoms with E-state index in [2.05, 4.69) is 10.6 Å². The number of aromatic hydroxyl groups is 1. The molecule has 10 nitrogen and oxygen atoms in total. The second-order valence-electron chi connectivity index (χ2n) is 7.40. The second-order valence-corrected chi connectivity index (χ2v) is 8.34. The van der Waals surface area contributed by atoms with Crippen LogP contribution in [0.1, 0.15) is 31.5 Å². The number of ether oxygens (including phenoxy) is 2. The van der Waals surface area contributed by atoms with Crippen molar-refractivity contribution in [3.8, 4) is 17.2 Å². The van der Waals surface area contributed by atoms with E-state index in [1.807, 2.05) is 0 Å². The maximum Gasteiger partial charge on any atom is 0.261 e. The van der Waals surface area contributed by atoms with Gasteiger partial charge in [0, 0.05) is 5.92 Å². The third-order valence-corrected chi connectivity index (χ3v) is 6.67. The molecule has 11 heteroatoms. The van der Waals surface area contributed by atoms with Crippen LogP contribution in [0, 0.1) is 0 Å². The lowest BCUT2D eigenvalue weighted by molar-refractivity contribution is -0.117. The van der Waals surface area contributed by atoms with Gasteiger partial charge in [-0.25, -0.2) is 0 Å². The lowest BCUT2D eigenvalue weighted by Crippen LogP contribution is -2.69. The van der Waals surface area contributed by atoms with Crippen LogP contribution in [0.5, 0.6) is 17.2 Å². The zero-order valence-electron chi connectivity index (χ0n) is 15.3. The summed E-state index contributed by atoms with van der Waals surface area (Å²) in [6.45, 7) is -0.135. The molecule has 1 aliphatic carbocycles. The Hall–Kier alpha value is -2.86. The van der Waals surface area contributed by atoms with Gasteiger partial charge in [0.2, 0.25) is 12.5 Å². The third-order valence-electron chi connectivity index (χ3n) is 5.80. The van der Waals surface area contributed by atoms with E-state index in [1.165, 1.54) is 17.4 Å². The van der Waals surface area contributed by atoms with E-state index in [1.54, 1.807) is 17.5 Å². The molecule has 1 saturated carbocycles. The summed E-state index contributed by atoms with van der Waals surface area (Å²) in [6.07, 6.45) is -4.63. The number of amides is 2. The van der Waals surface area contributed by atoms with Gasteiger partial charge in [-0.1, -0.05) is 6.07 Å². The van der Waals surface area contributed by atoms with Crippen molar-refractivity contribution in [3.63, 3.8) is 0 Å². The SMILES string of the molecule is O=C(NC1C2c3cc4c(c(O)c3C(=O)N[C@H]2[C@H](O)[C@H](O)[C@H]1O)OCO4)c1cccs1. The van der Waals surface area contributed by atoms with Gasteiger partial charge in [-0.05, 0) is 23.1 Å². The molecule has 2 unspecified atom stereocenters. The Morgan fingerprint density at radius 3 is 2.73 bits per heavy atom. The molecule has 1 aromatic heterocycles. The van der Waals surface area contributed by atoms with Crippen LogP contribution in [0.3, 0.4) is 0 Å². The number of thiophene rings is 1. The summed E-state index contributed by atoms with van der Waals surface area (Å²) in [6, 6.07) is 2.72. The Bertz CT molecular complexity index is 1030. The average Bonchev–Trinajstić information content (AvgIpc) is 3.41. The number of carbonyl (C=O) groups excluding carboxylic acids is 2. The Morgan fingerprint density at radius 2 is 2.00 bits per heavy atom. The number of aliphatic hydroxyl groups is 3. The Labute approximate surface area is 173 Å². The minimum Gasteiger partial charge on any atom is -0.504 e. The standard InChI is InChI=1S/C19H18N2O8S/c22-13-10-6(4-7-17(13)29-5-28-7)9-11(20-18(26)8-2-1-3-30-8)14(23)16(25)15(24)12(9)21-19(10)27/h1-4,9,11-12,14-16,22-25H,5H2,(H,20,26)(H,21,27)/t9?,11?,12-,14+,15+,16-/m1/s1. The van der Waals surface area contributed by atoms with Crippen LogP contribution in [-0.4, -0.2) is 69.4 Å². The van der Waals surface area contributed by atoms with Crippen molar-refractivity contribution >= 4 is 23.2 Å². The summed E-state index contributed by atoms with van der Waals surface area (Å²) in [5.41, 5.74) is 0.179. The summed E-state index contributed by atoms with van der Waals surface area (Å²) in [7, 11) is 0. The molecule has 3 heterocycles. The van der Waals surface area contributed by atoms with Crippen LogP contribution in [0.4, 0.5) is 0 Å². The molecule has 0 saturated heterocycles. The lowest BCUT2D eigenvalue weighted by Gasteiger charge is -2.49.